The van der Waals surface area contributed by atoms with Crippen molar-refractivity contribution in [1.82, 2.24) is 0 Å². The SMILES string of the molecule is CCC(C)c1ccc(Oc2cc(F)cc(CO)c2)cc1. The van der Waals surface area contributed by atoms with E-state index in [1.54, 1.807) is 6.07 Å². The first-order valence-corrected chi connectivity index (χ1v) is 6.80. The summed E-state index contributed by atoms with van der Waals surface area (Å²) in [4.78, 5) is 0. The van der Waals surface area contributed by atoms with E-state index in [1.807, 2.05) is 24.3 Å². The molecule has 2 aromatic carbocycles. The Hall–Kier alpha value is -1.87. The molecule has 106 valence electrons. The minimum atomic E-state index is -0.414. The molecule has 3 heteroatoms. The molecule has 0 fully saturated rings. The van der Waals surface area contributed by atoms with Gasteiger partial charge in [-0.1, -0.05) is 26.0 Å². The van der Waals surface area contributed by atoms with E-state index in [0.29, 0.717) is 23.0 Å². The van der Waals surface area contributed by atoms with Crippen LogP contribution in [0.25, 0.3) is 0 Å². The number of halogens is 1. The largest absolute Gasteiger partial charge is 0.457 e. The van der Waals surface area contributed by atoms with Gasteiger partial charge in [-0.2, -0.15) is 0 Å². The van der Waals surface area contributed by atoms with Crippen molar-refractivity contribution in [3.05, 3.63) is 59.4 Å². The third-order valence-corrected chi connectivity index (χ3v) is 3.41. The normalized spacial score (nSPS) is 12.2. The van der Waals surface area contributed by atoms with Crippen LogP contribution in [0.15, 0.2) is 42.5 Å². The number of benzene rings is 2. The maximum Gasteiger partial charge on any atom is 0.130 e. The van der Waals surface area contributed by atoms with E-state index in [9.17, 15) is 4.39 Å². The molecular weight excluding hydrogens is 255 g/mol. The van der Waals surface area contributed by atoms with Crippen molar-refractivity contribution in [3.8, 4) is 11.5 Å². The number of aliphatic hydroxyl groups is 1. The summed E-state index contributed by atoms with van der Waals surface area (Å²) < 4.78 is 19.0. The number of ether oxygens (including phenoxy) is 1. The van der Waals surface area contributed by atoms with E-state index in [-0.39, 0.29) is 6.61 Å². The fourth-order valence-electron chi connectivity index (χ4n) is 2.01. The lowest BCUT2D eigenvalue weighted by atomic mass is 9.99. The van der Waals surface area contributed by atoms with E-state index in [0.717, 1.165) is 6.42 Å². The summed E-state index contributed by atoms with van der Waals surface area (Å²) in [6, 6.07) is 12.0. The fourth-order valence-corrected chi connectivity index (χ4v) is 2.01. The molecule has 0 saturated carbocycles. The van der Waals surface area contributed by atoms with Crippen LogP contribution in [0, 0.1) is 5.82 Å². The van der Waals surface area contributed by atoms with Gasteiger partial charge in [-0.3, -0.25) is 0 Å². The molecule has 0 spiro atoms. The molecule has 0 aliphatic carbocycles. The maximum atomic E-state index is 13.3. The van der Waals surface area contributed by atoms with Crippen molar-refractivity contribution < 1.29 is 14.2 Å². The summed E-state index contributed by atoms with van der Waals surface area (Å²) in [5.74, 6) is 1.15. The van der Waals surface area contributed by atoms with E-state index in [4.69, 9.17) is 9.84 Å². The van der Waals surface area contributed by atoms with Gasteiger partial charge in [0, 0.05) is 6.07 Å². The molecule has 1 unspecified atom stereocenters. The first-order chi connectivity index (χ1) is 9.62. The number of rotatable bonds is 5. The second-order valence-electron chi connectivity index (χ2n) is 4.93. The van der Waals surface area contributed by atoms with Gasteiger partial charge in [0.15, 0.2) is 0 Å². The summed E-state index contributed by atoms with van der Waals surface area (Å²) in [7, 11) is 0. The lowest BCUT2D eigenvalue weighted by molar-refractivity contribution is 0.280. The van der Waals surface area contributed by atoms with Crippen LogP contribution in [0.5, 0.6) is 11.5 Å². The van der Waals surface area contributed by atoms with Crippen LogP contribution < -0.4 is 4.74 Å². The Balaban J connectivity index is 2.15. The van der Waals surface area contributed by atoms with E-state index in [1.165, 1.54) is 17.7 Å². The Labute approximate surface area is 118 Å². The fraction of sp³-hybridized carbons (Fsp3) is 0.294. The molecule has 20 heavy (non-hydrogen) atoms. The van der Waals surface area contributed by atoms with Gasteiger partial charge in [0.2, 0.25) is 0 Å². The minimum Gasteiger partial charge on any atom is -0.457 e. The van der Waals surface area contributed by atoms with Gasteiger partial charge in [-0.15, -0.1) is 0 Å². The molecule has 2 rings (SSSR count). The van der Waals surface area contributed by atoms with Crippen LogP contribution in [-0.4, -0.2) is 5.11 Å². The molecule has 0 radical (unpaired) electrons. The van der Waals surface area contributed by atoms with Gasteiger partial charge in [0.25, 0.3) is 0 Å². The van der Waals surface area contributed by atoms with Crippen LogP contribution in [0.2, 0.25) is 0 Å². The average Bonchev–Trinajstić information content (AvgIpc) is 2.46. The van der Waals surface area contributed by atoms with E-state index < -0.39 is 5.82 Å². The standard InChI is InChI=1S/C17H19FO2/c1-3-12(2)14-4-6-16(7-5-14)20-17-9-13(11-19)8-15(18)10-17/h4-10,12,19H,3,11H2,1-2H3. The highest BCUT2D eigenvalue weighted by Gasteiger charge is 2.05. The first kappa shape index (κ1) is 14.5. The monoisotopic (exact) mass is 274 g/mol. The van der Waals surface area contributed by atoms with Crippen molar-refractivity contribution in [2.75, 3.05) is 0 Å². The first-order valence-electron chi connectivity index (χ1n) is 6.80. The van der Waals surface area contributed by atoms with Crippen molar-refractivity contribution in [1.29, 1.82) is 0 Å². The quantitative estimate of drug-likeness (QED) is 0.861. The molecule has 0 amide bonds. The Morgan fingerprint density at radius 1 is 1.10 bits per heavy atom. The highest BCUT2D eigenvalue weighted by atomic mass is 19.1. The van der Waals surface area contributed by atoms with Crippen LogP contribution in [-0.2, 0) is 6.61 Å². The van der Waals surface area contributed by atoms with Crippen molar-refractivity contribution in [2.45, 2.75) is 32.8 Å². The third-order valence-electron chi connectivity index (χ3n) is 3.41. The molecule has 2 aromatic rings. The number of hydrogen-bond acceptors (Lipinski definition) is 2. The highest BCUT2D eigenvalue weighted by molar-refractivity contribution is 5.36. The Morgan fingerprint density at radius 3 is 2.40 bits per heavy atom. The highest BCUT2D eigenvalue weighted by Crippen LogP contribution is 2.26. The summed E-state index contributed by atoms with van der Waals surface area (Å²) in [6.07, 6.45) is 1.09. The molecule has 0 bridgehead atoms. The van der Waals surface area contributed by atoms with Gasteiger partial charge in [-0.25, -0.2) is 4.39 Å². The molecule has 0 aliphatic heterocycles. The van der Waals surface area contributed by atoms with Crippen molar-refractivity contribution in [2.24, 2.45) is 0 Å². The Kier molecular flexibility index (Phi) is 4.74. The van der Waals surface area contributed by atoms with Gasteiger partial charge in [-0.05, 0) is 47.7 Å². The maximum absolute atomic E-state index is 13.3. The van der Waals surface area contributed by atoms with E-state index in [2.05, 4.69) is 13.8 Å². The van der Waals surface area contributed by atoms with Crippen LogP contribution in [0.1, 0.15) is 37.3 Å². The Morgan fingerprint density at radius 2 is 1.80 bits per heavy atom. The smallest absolute Gasteiger partial charge is 0.130 e. The third kappa shape index (κ3) is 3.58. The van der Waals surface area contributed by atoms with Gasteiger partial charge < -0.3 is 9.84 Å². The predicted octanol–water partition coefficient (Wildman–Crippen LogP) is 4.62. The Bertz CT molecular complexity index is 564. The number of hydrogen-bond donors (Lipinski definition) is 1. The molecule has 0 aliphatic rings. The molecule has 2 nitrogen and oxygen atoms in total. The van der Waals surface area contributed by atoms with Crippen molar-refractivity contribution >= 4 is 0 Å². The van der Waals surface area contributed by atoms with Crippen LogP contribution in [0.3, 0.4) is 0 Å². The van der Waals surface area contributed by atoms with E-state index >= 15 is 0 Å². The summed E-state index contributed by atoms with van der Waals surface area (Å²) >= 11 is 0. The molecular formula is C17H19FO2. The van der Waals surface area contributed by atoms with Crippen molar-refractivity contribution in [3.63, 3.8) is 0 Å². The van der Waals surface area contributed by atoms with Crippen LogP contribution >= 0.6 is 0 Å². The predicted molar refractivity (Wildman–Crippen MR) is 77.5 cm³/mol. The van der Waals surface area contributed by atoms with Crippen LogP contribution in [0.4, 0.5) is 4.39 Å². The lowest BCUT2D eigenvalue weighted by Crippen LogP contribution is -1.92. The zero-order valence-corrected chi connectivity index (χ0v) is 11.8. The summed E-state index contributed by atoms with van der Waals surface area (Å²) in [5, 5.41) is 9.05. The summed E-state index contributed by atoms with van der Waals surface area (Å²) in [6.45, 7) is 4.12. The van der Waals surface area contributed by atoms with Gasteiger partial charge in [0.1, 0.15) is 17.3 Å². The lowest BCUT2D eigenvalue weighted by Gasteiger charge is -2.11. The minimum absolute atomic E-state index is 0.207. The molecule has 0 saturated heterocycles. The summed E-state index contributed by atoms with van der Waals surface area (Å²) in [5.41, 5.74) is 1.76. The average molecular weight is 274 g/mol. The second kappa shape index (κ2) is 6.53. The zero-order chi connectivity index (χ0) is 14.5. The number of aliphatic hydroxyl groups excluding tert-OH is 1. The topological polar surface area (TPSA) is 29.5 Å². The molecule has 1 N–H and O–H groups in total. The second-order valence-corrected chi connectivity index (χ2v) is 4.93. The van der Waals surface area contributed by atoms with Gasteiger partial charge in [0.05, 0.1) is 6.61 Å². The molecule has 0 heterocycles. The van der Waals surface area contributed by atoms with Gasteiger partial charge >= 0.3 is 0 Å². The molecule has 1 atom stereocenters. The zero-order valence-electron chi connectivity index (χ0n) is 11.8. The molecule has 0 aromatic heterocycles.